The Morgan fingerprint density at radius 1 is 1.13 bits per heavy atom. The molecule has 1 amide bonds. The van der Waals surface area contributed by atoms with Crippen LogP contribution in [0.25, 0.3) is 10.8 Å². The second-order valence-corrected chi connectivity index (χ2v) is 5.79. The van der Waals surface area contributed by atoms with E-state index in [4.69, 9.17) is 0 Å². The lowest BCUT2D eigenvalue weighted by atomic mass is 9.94. The fourth-order valence-electron chi connectivity index (χ4n) is 2.65. The first-order chi connectivity index (χ1) is 11.1. The van der Waals surface area contributed by atoms with E-state index in [1.54, 1.807) is 0 Å². The van der Waals surface area contributed by atoms with E-state index in [1.165, 1.54) is 0 Å². The number of hydrogen-bond acceptors (Lipinski definition) is 2. The summed E-state index contributed by atoms with van der Waals surface area (Å²) in [5, 5.41) is 14.4. The average Bonchev–Trinajstić information content (AvgIpc) is 2.56. The number of carbonyl (C=O) groups excluding carboxylic acids is 1. The van der Waals surface area contributed by atoms with E-state index >= 15 is 0 Å². The van der Waals surface area contributed by atoms with Crippen LogP contribution in [0.5, 0.6) is 0 Å². The molecule has 0 bridgehead atoms. The second-order valence-electron chi connectivity index (χ2n) is 5.79. The molecule has 0 aliphatic rings. The van der Waals surface area contributed by atoms with Crippen molar-refractivity contribution in [3.63, 3.8) is 0 Å². The molecule has 4 heteroatoms. The van der Waals surface area contributed by atoms with Gasteiger partial charge in [0.15, 0.2) is 0 Å². The number of rotatable bonds is 8. The van der Waals surface area contributed by atoms with Gasteiger partial charge in [-0.25, -0.2) is 0 Å². The van der Waals surface area contributed by atoms with Crippen molar-refractivity contribution in [2.75, 3.05) is 6.54 Å². The highest BCUT2D eigenvalue weighted by atomic mass is 16.4. The van der Waals surface area contributed by atoms with E-state index in [2.05, 4.69) is 5.32 Å². The summed E-state index contributed by atoms with van der Waals surface area (Å²) in [4.78, 5) is 23.2. The van der Waals surface area contributed by atoms with Crippen LogP contribution in [0.1, 0.15) is 31.7 Å². The Balaban J connectivity index is 2.07. The molecule has 0 aliphatic heterocycles. The topological polar surface area (TPSA) is 66.4 Å². The van der Waals surface area contributed by atoms with E-state index in [0.29, 0.717) is 12.8 Å². The maximum absolute atomic E-state index is 11.7. The van der Waals surface area contributed by atoms with Gasteiger partial charge >= 0.3 is 5.97 Å². The van der Waals surface area contributed by atoms with Gasteiger partial charge in [-0.05, 0) is 29.2 Å². The monoisotopic (exact) mass is 313 g/mol. The quantitative estimate of drug-likeness (QED) is 0.785. The predicted octanol–water partition coefficient (Wildman–Crippen LogP) is 3.39. The molecule has 2 aromatic rings. The number of carboxylic acid groups (broad SMARTS) is 1. The number of aliphatic carboxylic acids is 1. The fraction of sp³-hybridized carbons (Fsp3) is 0.368. The summed E-state index contributed by atoms with van der Waals surface area (Å²) in [5.74, 6) is -1.57. The maximum atomic E-state index is 11.7. The van der Waals surface area contributed by atoms with Gasteiger partial charge in [0.25, 0.3) is 0 Å². The molecule has 0 radical (unpaired) electrons. The SMILES string of the molecule is CCCCC(=O)NCC(Cc1cccc2ccccc12)C(=O)O. The molecule has 0 saturated carbocycles. The molecule has 1 atom stereocenters. The minimum absolute atomic E-state index is 0.0731. The second kappa shape index (κ2) is 8.32. The van der Waals surface area contributed by atoms with Crippen molar-refractivity contribution in [2.45, 2.75) is 32.6 Å². The third kappa shape index (κ3) is 4.81. The van der Waals surface area contributed by atoms with Crippen LogP contribution in [0.2, 0.25) is 0 Å². The molecule has 23 heavy (non-hydrogen) atoms. The summed E-state index contributed by atoms with van der Waals surface area (Å²) in [6.45, 7) is 2.19. The lowest BCUT2D eigenvalue weighted by Gasteiger charge is -2.15. The number of amides is 1. The van der Waals surface area contributed by atoms with Gasteiger partial charge in [0.2, 0.25) is 5.91 Å². The van der Waals surface area contributed by atoms with Crippen LogP contribution >= 0.6 is 0 Å². The average molecular weight is 313 g/mol. The van der Waals surface area contributed by atoms with Crippen LogP contribution in [0.15, 0.2) is 42.5 Å². The number of fused-ring (bicyclic) bond motifs is 1. The van der Waals surface area contributed by atoms with Crippen LogP contribution in [-0.4, -0.2) is 23.5 Å². The normalized spacial score (nSPS) is 12.0. The number of benzene rings is 2. The molecule has 0 saturated heterocycles. The van der Waals surface area contributed by atoms with Crippen molar-refractivity contribution in [3.8, 4) is 0 Å². The van der Waals surface area contributed by atoms with Gasteiger partial charge in [-0.1, -0.05) is 55.8 Å². The van der Waals surface area contributed by atoms with Crippen molar-refractivity contribution < 1.29 is 14.7 Å². The van der Waals surface area contributed by atoms with Crippen molar-refractivity contribution >= 4 is 22.6 Å². The Labute approximate surface area is 136 Å². The molecule has 0 aliphatic carbocycles. The molecule has 0 heterocycles. The molecular formula is C19H23NO3. The van der Waals surface area contributed by atoms with Gasteiger partial charge in [0, 0.05) is 13.0 Å². The van der Waals surface area contributed by atoms with Crippen molar-refractivity contribution in [1.29, 1.82) is 0 Å². The van der Waals surface area contributed by atoms with Gasteiger partial charge < -0.3 is 10.4 Å². The molecule has 0 spiro atoms. The zero-order valence-electron chi connectivity index (χ0n) is 13.4. The van der Waals surface area contributed by atoms with E-state index in [1.807, 2.05) is 49.4 Å². The zero-order chi connectivity index (χ0) is 16.7. The van der Waals surface area contributed by atoms with Gasteiger partial charge in [0.05, 0.1) is 5.92 Å². The Morgan fingerprint density at radius 2 is 1.87 bits per heavy atom. The van der Waals surface area contributed by atoms with E-state index in [9.17, 15) is 14.7 Å². The summed E-state index contributed by atoms with van der Waals surface area (Å²) in [7, 11) is 0. The lowest BCUT2D eigenvalue weighted by Crippen LogP contribution is -2.34. The smallest absolute Gasteiger partial charge is 0.308 e. The van der Waals surface area contributed by atoms with E-state index < -0.39 is 11.9 Å². The highest BCUT2D eigenvalue weighted by molar-refractivity contribution is 5.86. The Bertz CT molecular complexity index is 676. The molecule has 122 valence electrons. The van der Waals surface area contributed by atoms with E-state index in [0.717, 1.165) is 29.2 Å². The molecule has 1 unspecified atom stereocenters. The first kappa shape index (κ1) is 17.0. The zero-order valence-corrected chi connectivity index (χ0v) is 13.4. The van der Waals surface area contributed by atoms with Crippen LogP contribution < -0.4 is 5.32 Å². The highest BCUT2D eigenvalue weighted by Crippen LogP contribution is 2.21. The Hall–Kier alpha value is -2.36. The predicted molar refractivity (Wildman–Crippen MR) is 91.3 cm³/mol. The molecular weight excluding hydrogens is 290 g/mol. The summed E-state index contributed by atoms with van der Waals surface area (Å²) in [6.07, 6.45) is 2.64. The molecule has 2 rings (SSSR count). The van der Waals surface area contributed by atoms with Crippen molar-refractivity contribution in [2.24, 2.45) is 5.92 Å². The third-order valence-corrected chi connectivity index (χ3v) is 4.00. The van der Waals surface area contributed by atoms with Gasteiger partial charge in [-0.3, -0.25) is 9.59 Å². The van der Waals surface area contributed by atoms with Gasteiger partial charge in [-0.2, -0.15) is 0 Å². The minimum atomic E-state index is -0.881. The highest BCUT2D eigenvalue weighted by Gasteiger charge is 2.19. The third-order valence-electron chi connectivity index (χ3n) is 4.00. The van der Waals surface area contributed by atoms with Gasteiger partial charge in [-0.15, -0.1) is 0 Å². The Morgan fingerprint density at radius 3 is 2.61 bits per heavy atom. The molecule has 4 nitrogen and oxygen atoms in total. The number of hydrogen-bond donors (Lipinski definition) is 2. The summed E-state index contributed by atoms with van der Waals surface area (Å²) < 4.78 is 0. The molecule has 0 aromatic heterocycles. The minimum Gasteiger partial charge on any atom is -0.481 e. The molecule has 2 aromatic carbocycles. The van der Waals surface area contributed by atoms with Crippen LogP contribution in [0, 0.1) is 5.92 Å². The first-order valence-electron chi connectivity index (χ1n) is 8.08. The maximum Gasteiger partial charge on any atom is 0.308 e. The number of unbranched alkanes of at least 4 members (excludes halogenated alkanes) is 1. The summed E-state index contributed by atoms with van der Waals surface area (Å²) >= 11 is 0. The fourth-order valence-corrected chi connectivity index (χ4v) is 2.65. The lowest BCUT2D eigenvalue weighted by molar-refractivity contribution is -0.141. The standard InChI is InChI=1S/C19H23NO3/c1-2-3-11-18(21)20-13-16(19(22)23)12-15-9-6-8-14-7-4-5-10-17(14)15/h4-10,16H,2-3,11-13H2,1H3,(H,20,21)(H,22,23). The Kier molecular flexibility index (Phi) is 6.15. The molecule has 0 fully saturated rings. The largest absolute Gasteiger partial charge is 0.481 e. The number of carbonyl (C=O) groups is 2. The summed E-state index contributed by atoms with van der Waals surface area (Å²) in [6, 6.07) is 13.8. The van der Waals surface area contributed by atoms with Crippen molar-refractivity contribution in [3.05, 3.63) is 48.0 Å². The van der Waals surface area contributed by atoms with Crippen LogP contribution in [0.3, 0.4) is 0 Å². The van der Waals surface area contributed by atoms with Crippen molar-refractivity contribution in [1.82, 2.24) is 5.32 Å². The van der Waals surface area contributed by atoms with Gasteiger partial charge in [0.1, 0.15) is 0 Å². The molecule has 2 N–H and O–H groups in total. The van der Waals surface area contributed by atoms with Crippen LogP contribution in [0.4, 0.5) is 0 Å². The first-order valence-corrected chi connectivity index (χ1v) is 8.08. The van der Waals surface area contributed by atoms with Crippen LogP contribution in [-0.2, 0) is 16.0 Å². The van der Waals surface area contributed by atoms with E-state index in [-0.39, 0.29) is 12.5 Å². The summed E-state index contributed by atoms with van der Waals surface area (Å²) in [5.41, 5.74) is 0.998. The number of nitrogens with one attached hydrogen (secondary N) is 1. The number of carboxylic acids is 1.